The van der Waals surface area contributed by atoms with Crippen LogP contribution in [0.4, 0.5) is 14.7 Å². The van der Waals surface area contributed by atoms with E-state index in [9.17, 15) is 9.59 Å². The van der Waals surface area contributed by atoms with E-state index >= 15 is 0 Å². The van der Waals surface area contributed by atoms with Gasteiger partial charge in [0, 0.05) is 25.9 Å². The Kier molecular flexibility index (Phi) is 6.45. The summed E-state index contributed by atoms with van der Waals surface area (Å²) < 4.78 is 10.3. The zero-order valence-electron chi connectivity index (χ0n) is 16.3. The number of amides is 3. The number of rotatable bonds is 6. The molecular formula is C19H21N5O4S. The predicted molar refractivity (Wildman–Crippen MR) is 108 cm³/mol. The van der Waals surface area contributed by atoms with Crippen LogP contribution in [0.2, 0.25) is 0 Å². The summed E-state index contributed by atoms with van der Waals surface area (Å²) in [6.07, 6.45) is -0.553. The predicted octanol–water partition coefficient (Wildman–Crippen LogP) is 3.70. The first-order valence-corrected chi connectivity index (χ1v) is 9.69. The van der Waals surface area contributed by atoms with E-state index in [4.69, 9.17) is 9.26 Å². The lowest BCUT2D eigenvalue weighted by molar-refractivity contribution is 0.159. The van der Waals surface area contributed by atoms with Crippen LogP contribution in [-0.4, -0.2) is 34.2 Å². The lowest BCUT2D eigenvalue weighted by atomic mass is 10.2. The minimum atomic E-state index is -0.553. The number of carbonyl (C=O) groups excluding carboxylic acids is 2. The number of hydrogen-bond acceptors (Lipinski definition) is 7. The second-order valence-electron chi connectivity index (χ2n) is 6.31. The van der Waals surface area contributed by atoms with Gasteiger partial charge in [-0.15, -0.1) is 11.3 Å². The van der Waals surface area contributed by atoms with E-state index in [1.165, 1.54) is 16.2 Å². The van der Waals surface area contributed by atoms with Gasteiger partial charge in [-0.25, -0.2) is 14.6 Å². The van der Waals surface area contributed by atoms with Gasteiger partial charge in [0.2, 0.25) is 0 Å². The van der Waals surface area contributed by atoms with Gasteiger partial charge >= 0.3 is 12.1 Å². The van der Waals surface area contributed by atoms with Crippen LogP contribution < -0.4 is 15.4 Å². The standard InChI is InChI=1S/C19H21N5O4S/c1-12-16(13(2)28-23-12)27-19(26)24(3)10-15-11-29-18(21-15)22-17(25)20-9-14-7-5-4-6-8-14/h4-8,11H,9-10H2,1-3H3,(H2,20,21,22,25). The van der Waals surface area contributed by atoms with E-state index in [-0.39, 0.29) is 12.6 Å². The Morgan fingerprint density at radius 3 is 2.69 bits per heavy atom. The normalized spacial score (nSPS) is 10.4. The van der Waals surface area contributed by atoms with Crippen molar-refractivity contribution in [1.29, 1.82) is 0 Å². The van der Waals surface area contributed by atoms with E-state index in [2.05, 4.69) is 20.8 Å². The Morgan fingerprint density at radius 2 is 2.00 bits per heavy atom. The molecule has 0 aliphatic rings. The molecule has 9 nitrogen and oxygen atoms in total. The minimum Gasteiger partial charge on any atom is -0.404 e. The average Bonchev–Trinajstić information content (AvgIpc) is 3.28. The van der Waals surface area contributed by atoms with Crippen LogP contribution >= 0.6 is 11.3 Å². The van der Waals surface area contributed by atoms with Crippen LogP contribution in [0, 0.1) is 13.8 Å². The number of hydrogen-bond donors (Lipinski definition) is 2. The third kappa shape index (κ3) is 5.55. The quantitative estimate of drug-likeness (QED) is 0.635. The zero-order valence-corrected chi connectivity index (χ0v) is 17.1. The highest BCUT2D eigenvalue weighted by molar-refractivity contribution is 7.13. The Hall–Kier alpha value is -3.40. The second kappa shape index (κ2) is 9.20. The molecule has 1 aromatic carbocycles. The molecular weight excluding hydrogens is 394 g/mol. The van der Waals surface area contributed by atoms with Crippen LogP contribution in [-0.2, 0) is 13.1 Å². The maximum absolute atomic E-state index is 12.3. The number of ether oxygens (including phenoxy) is 1. The van der Waals surface area contributed by atoms with E-state index in [1.807, 2.05) is 30.3 Å². The molecule has 2 aromatic heterocycles. The fraction of sp³-hybridized carbons (Fsp3) is 0.263. The molecule has 0 bridgehead atoms. The first-order valence-electron chi connectivity index (χ1n) is 8.81. The van der Waals surface area contributed by atoms with Crippen molar-refractivity contribution in [3.63, 3.8) is 0 Å². The van der Waals surface area contributed by atoms with Crippen molar-refractivity contribution in [3.8, 4) is 5.75 Å². The third-order valence-electron chi connectivity index (χ3n) is 3.94. The van der Waals surface area contributed by atoms with Gasteiger partial charge in [-0.3, -0.25) is 5.32 Å². The lowest BCUT2D eigenvalue weighted by Gasteiger charge is -2.15. The fourth-order valence-electron chi connectivity index (χ4n) is 2.45. The van der Waals surface area contributed by atoms with E-state index in [1.54, 1.807) is 26.3 Å². The number of urea groups is 1. The number of thiazole rings is 1. The minimum absolute atomic E-state index is 0.228. The summed E-state index contributed by atoms with van der Waals surface area (Å²) in [5, 5.41) is 11.4. The van der Waals surface area contributed by atoms with E-state index in [0.717, 1.165) is 5.56 Å². The SMILES string of the molecule is Cc1noc(C)c1OC(=O)N(C)Cc1csc(NC(=O)NCc2ccccc2)n1. The maximum atomic E-state index is 12.3. The highest BCUT2D eigenvalue weighted by Crippen LogP contribution is 2.23. The zero-order chi connectivity index (χ0) is 20.8. The molecule has 0 fully saturated rings. The number of nitrogens with one attached hydrogen (secondary N) is 2. The smallest absolute Gasteiger partial charge is 0.404 e. The van der Waals surface area contributed by atoms with Gasteiger partial charge < -0.3 is 19.5 Å². The molecule has 0 aliphatic heterocycles. The highest BCUT2D eigenvalue weighted by Gasteiger charge is 2.19. The highest BCUT2D eigenvalue weighted by atomic mass is 32.1. The van der Waals surface area contributed by atoms with Crippen LogP contribution in [0.1, 0.15) is 22.7 Å². The van der Waals surface area contributed by atoms with Crippen molar-refractivity contribution >= 4 is 28.6 Å². The molecule has 0 atom stereocenters. The summed E-state index contributed by atoms with van der Waals surface area (Å²) in [7, 11) is 1.60. The van der Waals surface area contributed by atoms with Crippen LogP contribution in [0.5, 0.6) is 5.75 Å². The molecule has 0 saturated carbocycles. The Balaban J connectivity index is 1.49. The lowest BCUT2D eigenvalue weighted by Crippen LogP contribution is -2.30. The van der Waals surface area contributed by atoms with Crippen LogP contribution in [0.25, 0.3) is 0 Å². The third-order valence-corrected chi connectivity index (χ3v) is 4.74. The van der Waals surface area contributed by atoms with Crippen molar-refractivity contribution in [2.24, 2.45) is 0 Å². The molecule has 29 heavy (non-hydrogen) atoms. The molecule has 0 saturated heterocycles. The molecule has 10 heteroatoms. The van der Waals surface area contributed by atoms with Gasteiger partial charge in [-0.05, 0) is 12.5 Å². The molecule has 0 radical (unpaired) electrons. The molecule has 0 spiro atoms. The van der Waals surface area contributed by atoms with Crippen LogP contribution in [0.3, 0.4) is 0 Å². The first-order chi connectivity index (χ1) is 13.9. The number of benzene rings is 1. The van der Waals surface area contributed by atoms with Crippen molar-refractivity contribution in [3.05, 3.63) is 58.4 Å². The van der Waals surface area contributed by atoms with Gasteiger partial charge in [0.1, 0.15) is 5.69 Å². The molecule has 152 valence electrons. The van der Waals surface area contributed by atoms with Crippen molar-refractivity contribution in [2.75, 3.05) is 12.4 Å². The number of aryl methyl sites for hydroxylation is 2. The Bertz CT molecular complexity index is 966. The average molecular weight is 415 g/mol. The largest absolute Gasteiger partial charge is 0.415 e. The summed E-state index contributed by atoms with van der Waals surface area (Å²) in [5.74, 6) is 0.753. The number of aromatic nitrogens is 2. The molecule has 3 aromatic rings. The summed E-state index contributed by atoms with van der Waals surface area (Å²) in [5.41, 5.74) is 2.14. The van der Waals surface area contributed by atoms with Gasteiger partial charge in [-0.1, -0.05) is 35.5 Å². The Labute approximate surface area is 171 Å². The monoisotopic (exact) mass is 415 g/mol. The molecule has 3 rings (SSSR count). The van der Waals surface area contributed by atoms with Gasteiger partial charge in [0.15, 0.2) is 16.6 Å². The Morgan fingerprint density at radius 1 is 1.24 bits per heavy atom. The first kappa shape index (κ1) is 20.3. The van der Waals surface area contributed by atoms with Gasteiger partial charge in [0.25, 0.3) is 0 Å². The summed E-state index contributed by atoms with van der Waals surface area (Å²) >= 11 is 1.28. The number of carbonyl (C=O) groups is 2. The molecule has 0 aliphatic carbocycles. The molecule has 2 N–H and O–H groups in total. The van der Waals surface area contributed by atoms with Crippen molar-refractivity contribution < 1.29 is 18.8 Å². The van der Waals surface area contributed by atoms with Crippen LogP contribution in [0.15, 0.2) is 40.2 Å². The van der Waals surface area contributed by atoms with E-state index < -0.39 is 6.09 Å². The number of anilines is 1. The van der Waals surface area contributed by atoms with Crippen molar-refractivity contribution in [2.45, 2.75) is 26.9 Å². The number of nitrogens with zero attached hydrogens (tertiary/aromatic N) is 3. The second-order valence-corrected chi connectivity index (χ2v) is 7.17. The molecule has 3 amide bonds. The summed E-state index contributed by atoms with van der Waals surface area (Å²) in [6, 6.07) is 9.26. The maximum Gasteiger partial charge on any atom is 0.415 e. The van der Waals surface area contributed by atoms with E-state index in [0.29, 0.717) is 34.6 Å². The fourth-order valence-corrected chi connectivity index (χ4v) is 3.15. The van der Waals surface area contributed by atoms with Gasteiger partial charge in [0.05, 0.1) is 12.2 Å². The summed E-state index contributed by atoms with van der Waals surface area (Å²) in [6.45, 7) is 4.01. The van der Waals surface area contributed by atoms with Crippen molar-refractivity contribution in [1.82, 2.24) is 20.4 Å². The molecule has 2 heterocycles. The summed E-state index contributed by atoms with van der Waals surface area (Å²) in [4.78, 5) is 30.0. The molecule has 0 unspecified atom stereocenters. The topological polar surface area (TPSA) is 110 Å². The van der Waals surface area contributed by atoms with Gasteiger partial charge in [-0.2, -0.15) is 0 Å².